The number of hydrogen-bond donors (Lipinski definition) is 1. The molecule has 1 atom stereocenters. The molecule has 1 aliphatic rings. The first-order valence-corrected chi connectivity index (χ1v) is 7.93. The summed E-state index contributed by atoms with van der Waals surface area (Å²) in [5, 5.41) is 2.99. The van der Waals surface area contributed by atoms with Crippen LogP contribution < -0.4 is 14.8 Å². The van der Waals surface area contributed by atoms with Gasteiger partial charge in [-0.2, -0.15) is 0 Å². The topological polar surface area (TPSA) is 47.6 Å². The van der Waals surface area contributed by atoms with Crippen molar-refractivity contribution in [2.24, 2.45) is 5.92 Å². The minimum atomic E-state index is -0.0605. The lowest BCUT2D eigenvalue weighted by atomic mass is 10.0. The Morgan fingerprint density at radius 2 is 2.00 bits per heavy atom. The maximum atomic E-state index is 11.9. The van der Waals surface area contributed by atoms with Gasteiger partial charge in [-0.1, -0.05) is 32.8 Å². The number of carbonyl (C=O) groups excluding carboxylic acids is 1. The molecule has 22 heavy (non-hydrogen) atoms. The van der Waals surface area contributed by atoms with Gasteiger partial charge >= 0.3 is 0 Å². The van der Waals surface area contributed by atoms with Crippen molar-refractivity contribution in [3.8, 4) is 11.5 Å². The fourth-order valence-corrected chi connectivity index (χ4v) is 2.38. The van der Waals surface area contributed by atoms with Gasteiger partial charge in [-0.05, 0) is 43.0 Å². The van der Waals surface area contributed by atoms with Crippen molar-refractivity contribution < 1.29 is 14.3 Å². The molecule has 4 nitrogen and oxygen atoms in total. The molecular weight excluding hydrogens is 278 g/mol. The predicted octanol–water partition coefficient (Wildman–Crippen LogP) is 3.76. The van der Waals surface area contributed by atoms with Crippen molar-refractivity contribution in [3.63, 3.8) is 0 Å². The van der Waals surface area contributed by atoms with E-state index in [2.05, 4.69) is 19.2 Å². The lowest BCUT2D eigenvalue weighted by Crippen LogP contribution is -2.31. The van der Waals surface area contributed by atoms with E-state index >= 15 is 0 Å². The summed E-state index contributed by atoms with van der Waals surface area (Å²) in [6, 6.07) is 5.84. The van der Waals surface area contributed by atoms with Gasteiger partial charge in [0.25, 0.3) is 0 Å². The average molecular weight is 303 g/mol. The Hall–Kier alpha value is -1.97. The lowest BCUT2D eigenvalue weighted by Gasteiger charge is -2.13. The van der Waals surface area contributed by atoms with Crippen LogP contribution in [-0.4, -0.2) is 18.7 Å². The van der Waals surface area contributed by atoms with Crippen LogP contribution in [-0.2, 0) is 4.79 Å². The highest BCUT2D eigenvalue weighted by Gasteiger charge is 2.12. The lowest BCUT2D eigenvalue weighted by molar-refractivity contribution is -0.117. The van der Waals surface area contributed by atoms with E-state index in [-0.39, 0.29) is 18.7 Å². The van der Waals surface area contributed by atoms with Gasteiger partial charge in [0.15, 0.2) is 11.5 Å². The summed E-state index contributed by atoms with van der Waals surface area (Å²) in [6.45, 7) is 6.75. The van der Waals surface area contributed by atoms with Gasteiger partial charge in [0.1, 0.15) is 0 Å². The van der Waals surface area contributed by atoms with Crippen LogP contribution in [0.15, 0.2) is 24.3 Å². The number of carbonyl (C=O) groups is 1. The van der Waals surface area contributed by atoms with Crippen LogP contribution in [0.3, 0.4) is 0 Å². The molecule has 0 fully saturated rings. The number of hydrogen-bond acceptors (Lipinski definition) is 3. The zero-order chi connectivity index (χ0) is 15.9. The summed E-state index contributed by atoms with van der Waals surface area (Å²) < 4.78 is 10.6. The van der Waals surface area contributed by atoms with Gasteiger partial charge in [0.2, 0.25) is 12.7 Å². The van der Waals surface area contributed by atoms with E-state index in [9.17, 15) is 4.79 Å². The summed E-state index contributed by atoms with van der Waals surface area (Å²) in [5.41, 5.74) is 0.923. The number of nitrogens with one attached hydrogen (secondary N) is 1. The van der Waals surface area contributed by atoms with Crippen LogP contribution in [0.5, 0.6) is 11.5 Å². The van der Waals surface area contributed by atoms with Crippen molar-refractivity contribution >= 4 is 12.0 Å². The molecule has 120 valence electrons. The Morgan fingerprint density at radius 1 is 1.23 bits per heavy atom. The molecule has 1 N–H and O–H groups in total. The first kappa shape index (κ1) is 16.4. The Bertz CT molecular complexity index is 537. The molecule has 1 aliphatic heterocycles. The first-order chi connectivity index (χ1) is 10.5. The van der Waals surface area contributed by atoms with Gasteiger partial charge in [0, 0.05) is 12.1 Å². The monoisotopic (exact) mass is 303 g/mol. The second-order valence-electron chi connectivity index (χ2n) is 6.18. The van der Waals surface area contributed by atoms with Crippen LogP contribution in [0.4, 0.5) is 0 Å². The molecule has 1 unspecified atom stereocenters. The largest absolute Gasteiger partial charge is 0.454 e. The van der Waals surface area contributed by atoms with E-state index in [1.807, 2.05) is 25.1 Å². The standard InChI is InChI=1S/C18H25NO3/c1-13(2)5-4-6-14(3)19-18(20)10-8-15-7-9-16-17(11-15)22-12-21-16/h7-11,13-14H,4-6,12H2,1-3H3,(H,19,20). The quantitative estimate of drug-likeness (QED) is 0.780. The van der Waals surface area contributed by atoms with Gasteiger partial charge in [-0.15, -0.1) is 0 Å². The molecule has 1 amide bonds. The summed E-state index contributed by atoms with van der Waals surface area (Å²) in [6.07, 6.45) is 6.72. The Kier molecular flexibility index (Phi) is 5.87. The average Bonchev–Trinajstić information content (AvgIpc) is 2.92. The predicted molar refractivity (Wildman–Crippen MR) is 87.9 cm³/mol. The third kappa shape index (κ3) is 5.10. The van der Waals surface area contributed by atoms with Gasteiger partial charge in [-0.3, -0.25) is 4.79 Å². The highest BCUT2D eigenvalue weighted by Crippen LogP contribution is 2.32. The molecule has 1 aromatic rings. The third-order valence-electron chi connectivity index (χ3n) is 3.63. The second kappa shape index (κ2) is 7.87. The summed E-state index contributed by atoms with van der Waals surface area (Å²) in [7, 11) is 0. The molecule has 2 rings (SSSR count). The van der Waals surface area contributed by atoms with Crippen molar-refractivity contribution in [2.45, 2.75) is 46.1 Å². The molecule has 1 heterocycles. The summed E-state index contributed by atoms with van der Waals surface area (Å²) in [5.74, 6) is 2.13. The molecule has 0 spiro atoms. The molecule has 1 aromatic carbocycles. The Labute approximate surface area is 132 Å². The summed E-state index contributed by atoms with van der Waals surface area (Å²) >= 11 is 0. The SMILES string of the molecule is CC(C)CCCC(C)NC(=O)C=Cc1ccc2c(c1)OCO2. The first-order valence-electron chi connectivity index (χ1n) is 7.93. The van der Waals surface area contributed by atoms with Crippen molar-refractivity contribution in [2.75, 3.05) is 6.79 Å². The number of fused-ring (bicyclic) bond motifs is 1. The van der Waals surface area contributed by atoms with E-state index in [4.69, 9.17) is 9.47 Å². The van der Waals surface area contributed by atoms with Crippen LogP contribution in [0, 0.1) is 5.92 Å². The highest BCUT2D eigenvalue weighted by molar-refractivity contribution is 5.92. The molecule has 0 saturated carbocycles. The van der Waals surface area contributed by atoms with Crippen LogP contribution in [0.25, 0.3) is 6.08 Å². The summed E-state index contributed by atoms with van der Waals surface area (Å²) in [4.78, 5) is 11.9. The molecule has 0 saturated heterocycles. The van der Waals surface area contributed by atoms with Gasteiger partial charge in [-0.25, -0.2) is 0 Å². The van der Waals surface area contributed by atoms with E-state index in [0.29, 0.717) is 5.92 Å². The molecule has 0 radical (unpaired) electrons. The van der Waals surface area contributed by atoms with Crippen LogP contribution in [0.1, 0.15) is 45.6 Å². The number of rotatable bonds is 7. The fourth-order valence-electron chi connectivity index (χ4n) is 2.38. The van der Waals surface area contributed by atoms with Gasteiger partial charge in [0.05, 0.1) is 0 Å². The number of amides is 1. The Balaban J connectivity index is 1.78. The van der Waals surface area contributed by atoms with E-state index < -0.39 is 0 Å². The molecule has 0 aromatic heterocycles. The highest BCUT2D eigenvalue weighted by atomic mass is 16.7. The zero-order valence-corrected chi connectivity index (χ0v) is 13.6. The normalized spacial score (nSPS) is 14.5. The molecular formula is C18H25NO3. The third-order valence-corrected chi connectivity index (χ3v) is 3.63. The van der Waals surface area contributed by atoms with E-state index in [1.54, 1.807) is 12.2 Å². The second-order valence-corrected chi connectivity index (χ2v) is 6.18. The Morgan fingerprint density at radius 3 is 2.77 bits per heavy atom. The molecule has 0 aliphatic carbocycles. The maximum Gasteiger partial charge on any atom is 0.244 e. The maximum absolute atomic E-state index is 11.9. The van der Waals surface area contributed by atoms with Crippen molar-refractivity contribution in [1.29, 1.82) is 0 Å². The van der Waals surface area contributed by atoms with Gasteiger partial charge < -0.3 is 14.8 Å². The van der Waals surface area contributed by atoms with E-state index in [0.717, 1.165) is 29.9 Å². The minimum absolute atomic E-state index is 0.0605. The van der Waals surface area contributed by atoms with E-state index in [1.165, 1.54) is 6.42 Å². The van der Waals surface area contributed by atoms with Crippen LogP contribution in [0.2, 0.25) is 0 Å². The molecule has 4 heteroatoms. The van der Waals surface area contributed by atoms with Crippen LogP contribution >= 0.6 is 0 Å². The minimum Gasteiger partial charge on any atom is -0.454 e. The zero-order valence-electron chi connectivity index (χ0n) is 13.6. The number of benzene rings is 1. The van der Waals surface area contributed by atoms with Crippen molar-refractivity contribution in [1.82, 2.24) is 5.32 Å². The molecule has 0 bridgehead atoms. The fraction of sp³-hybridized carbons (Fsp3) is 0.500. The number of ether oxygens (including phenoxy) is 2. The van der Waals surface area contributed by atoms with Crippen molar-refractivity contribution in [3.05, 3.63) is 29.8 Å². The smallest absolute Gasteiger partial charge is 0.244 e.